The number of nitrogens with zero attached hydrogens (tertiary/aromatic N) is 4. The summed E-state index contributed by atoms with van der Waals surface area (Å²) in [7, 11) is 4.52. The number of benzene rings is 2. The molecule has 0 aliphatic rings. The van der Waals surface area contributed by atoms with Crippen LogP contribution in [0.25, 0.3) is 0 Å². The number of amides is 1. The van der Waals surface area contributed by atoms with Crippen LogP contribution in [0.5, 0.6) is 17.2 Å². The van der Waals surface area contributed by atoms with Crippen molar-refractivity contribution in [1.29, 1.82) is 0 Å². The Morgan fingerprint density at radius 1 is 1.12 bits per heavy atom. The zero-order valence-electron chi connectivity index (χ0n) is 17.6. The Labute approximate surface area is 183 Å². The molecule has 0 unspecified atom stereocenters. The average molecular weight is 439 g/mol. The van der Waals surface area contributed by atoms with Gasteiger partial charge in [0.15, 0.2) is 17.2 Å². The standard InChI is InChI=1S/C21H21N5O6/c1-30-18-10-15(11-19(31-2)20(18)32-3)12-22-23-21(27)17-8-9-25(24-17)13-14-4-6-16(7-5-14)26(28)29/h4-12H,13H2,1-3H3,(H,23,27). The molecule has 0 fully saturated rings. The zero-order chi connectivity index (χ0) is 23.1. The molecular formula is C21H21N5O6. The number of carbonyl (C=O) groups is 1. The van der Waals surface area contributed by atoms with Crippen molar-refractivity contribution in [2.45, 2.75) is 6.54 Å². The summed E-state index contributed by atoms with van der Waals surface area (Å²) in [4.78, 5) is 22.6. The predicted octanol–water partition coefficient (Wildman–Crippen LogP) is 2.63. The molecule has 11 heteroatoms. The van der Waals surface area contributed by atoms with E-state index in [9.17, 15) is 14.9 Å². The second-order valence-electron chi connectivity index (χ2n) is 6.48. The number of nitro benzene ring substituents is 1. The van der Waals surface area contributed by atoms with Gasteiger partial charge in [-0.2, -0.15) is 10.2 Å². The molecule has 3 aromatic rings. The van der Waals surface area contributed by atoms with Crippen molar-refractivity contribution in [2.75, 3.05) is 21.3 Å². The number of hydrogen-bond acceptors (Lipinski definition) is 8. The monoisotopic (exact) mass is 439 g/mol. The number of ether oxygens (including phenoxy) is 3. The second kappa shape index (κ2) is 10.1. The second-order valence-corrected chi connectivity index (χ2v) is 6.48. The quantitative estimate of drug-likeness (QED) is 0.308. The summed E-state index contributed by atoms with van der Waals surface area (Å²) in [5.41, 5.74) is 4.04. The Morgan fingerprint density at radius 2 is 1.78 bits per heavy atom. The molecule has 1 heterocycles. The molecule has 2 aromatic carbocycles. The van der Waals surface area contributed by atoms with Gasteiger partial charge in [0, 0.05) is 23.9 Å². The number of aromatic nitrogens is 2. The summed E-state index contributed by atoms with van der Waals surface area (Å²) in [6, 6.07) is 11.1. The molecule has 1 aromatic heterocycles. The van der Waals surface area contributed by atoms with Gasteiger partial charge in [0.1, 0.15) is 0 Å². The van der Waals surface area contributed by atoms with Crippen molar-refractivity contribution >= 4 is 17.8 Å². The summed E-state index contributed by atoms with van der Waals surface area (Å²) in [6.07, 6.45) is 3.08. The van der Waals surface area contributed by atoms with Crippen molar-refractivity contribution in [3.8, 4) is 17.2 Å². The van der Waals surface area contributed by atoms with E-state index in [0.29, 0.717) is 29.4 Å². The highest BCUT2D eigenvalue weighted by atomic mass is 16.6. The van der Waals surface area contributed by atoms with Crippen LogP contribution in [0.4, 0.5) is 5.69 Å². The molecule has 166 valence electrons. The zero-order valence-corrected chi connectivity index (χ0v) is 17.6. The first kappa shape index (κ1) is 22.3. The predicted molar refractivity (Wildman–Crippen MR) is 116 cm³/mol. The maximum atomic E-state index is 12.3. The Hall–Kier alpha value is -4.41. The van der Waals surface area contributed by atoms with E-state index in [1.54, 1.807) is 41.2 Å². The SMILES string of the molecule is COc1cc(C=NNC(=O)c2ccn(Cc3ccc([N+](=O)[O-])cc3)n2)cc(OC)c1OC. The molecule has 0 bridgehead atoms. The van der Waals surface area contributed by atoms with Crippen molar-refractivity contribution < 1.29 is 23.9 Å². The fraction of sp³-hybridized carbons (Fsp3) is 0.190. The number of nitrogens with one attached hydrogen (secondary N) is 1. The minimum Gasteiger partial charge on any atom is -0.493 e. The smallest absolute Gasteiger partial charge is 0.291 e. The van der Waals surface area contributed by atoms with Gasteiger partial charge in [-0.3, -0.25) is 19.6 Å². The molecule has 0 aliphatic heterocycles. The Balaban J connectivity index is 1.64. The molecule has 1 N–H and O–H groups in total. The molecule has 0 spiro atoms. The summed E-state index contributed by atoms with van der Waals surface area (Å²) < 4.78 is 17.4. The lowest BCUT2D eigenvalue weighted by Gasteiger charge is -2.12. The van der Waals surface area contributed by atoms with E-state index in [2.05, 4.69) is 15.6 Å². The molecule has 0 saturated carbocycles. The van der Waals surface area contributed by atoms with Gasteiger partial charge < -0.3 is 14.2 Å². The molecule has 11 nitrogen and oxygen atoms in total. The molecule has 0 atom stereocenters. The molecule has 0 saturated heterocycles. The van der Waals surface area contributed by atoms with Crippen LogP contribution >= 0.6 is 0 Å². The number of methoxy groups -OCH3 is 3. The van der Waals surface area contributed by atoms with E-state index in [4.69, 9.17) is 14.2 Å². The summed E-state index contributed by atoms with van der Waals surface area (Å²) in [5, 5.41) is 18.9. The maximum absolute atomic E-state index is 12.3. The lowest BCUT2D eigenvalue weighted by atomic mass is 10.2. The lowest BCUT2D eigenvalue weighted by Crippen LogP contribution is -2.18. The van der Waals surface area contributed by atoms with Crippen LogP contribution in [0.15, 0.2) is 53.8 Å². The molecule has 3 rings (SSSR count). The molecular weight excluding hydrogens is 418 g/mol. The van der Waals surface area contributed by atoms with Crippen molar-refractivity contribution in [2.24, 2.45) is 5.10 Å². The number of nitro groups is 1. The molecule has 1 amide bonds. The number of hydrogen-bond donors (Lipinski definition) is 1. The first-order chi connectivity index (χ1) is 15.4. The van der Waals surface area contributed by atoms with Crippen LogP contribution in [0.2, 0.25) is 0 Å². The molecule has 0 radical (unpaired) electrons. The minimum atomic E-state index is -0.490. The van der Waals surface area contributed by atoms with Gasteiger partial charge in [0.25, 0.3) is 11.6 Å². The minimum absolute atomic E-state index is 0.0132. The van der Waals surface area contributed by atoms with Crippen LogP contribution in [0.1, 0.15) is 21.6 Å². The van der Waals surface area contributed by atoms with Gasteiger partial charge >= 0.3 is 0 Å². The van der Waals surface area contributed by atoms with Crippen molar-refractivity contribution in [3.63, 3.8) is 0 Å². The first-order valence-electron chi connectivity index (χ1n) is 9.35. The van der Waals surface area contributed by atoms with Crippen LogP contribution in [-0.2, 0) is 6.54 Å². The third-order valence-corrected chi connectivity index (χ3v) is 4.43. The number of non-ortho nitro benzene ring substituents is 1. The van der Waals surface area contributed by atoms with E-state index in [1.165, 1.54) is 39.7 Å². The normalized spacial score (nSPS) is 10.7. The van der Waals surface area contributed by atoms with Gasteiger partial charge in [-0.25, -0.2) is 5.43 Å². The number of carbonyl (C=O) groups excluding carboxylic acids is 1. The highest BCUT2D eigenvalue weighted by Gasteiger charge is 2.13. The highest BCUT2D eigenvalue weighted by Crippen LogP contribution is 2.37. The van der Waals surface area contributed by atoms with E-state index in [0.717, 1.165) is 5.56 Å². The maximum Gasteiger partial charge on any atom is 0.291 e. The van der Waals surface area contributed by atoms with Gasteiger partial charge in [-0.05, 0) is 23.8 Å². The van der Waals surface area contributed by atoms with Gasteiger partial charge in [-0.15, -0.1) is 0 Å². The Kier molecular flexibility index (Phi) is 7.01. The molecule has 0 aliphatic carbocycles. The van der Waals surface area contributed by atoms with E-state index >= 15 is 0 Å². The topological polar surface area (TPSA) is 130 Å². The van der Waals surface area contributed by atoms with E-state index in [-0.39, 0.29) is 11.4 Å². The average Bonchev–Trinajstić information content (AvgIpc) is 3.27. The highest BCUT2D eigenvalue weighted by molar-refractivity contribution is 5.93. The van der Waals surface area contributed by atoms with Crippen LogP contribution in [-0.4, -0.2) is 48.2 Å². The summed E-state index contributed by atoms with van der Waals surface area (Å²) >= 11 is 0. The van der Waals surface area contributed by atoms with Gasteiger partial charge in [0.2, 0.25) is 5.75 Å². The molecule has 32 heavy (non-hydrogen) atoms. The van der Waals surface area contributed by atoms with E-state index in [1.807, 2.05) is 0 Å². The summed E-state index contributed by atoms with van der Waals surface area (Å²) in [6.45, 7) is 0.361. The third-order valence-electron chi connectivity index (χ3n) is 4.43. The first-order valence-corrected chi connectivity index (χ1v) is 9.35. The van der Waals surface area contributed by atoms with E-state index < -0.39 is 10.8 Å². The Bertz CT molecular complexity index is 1110. The van der Waals surface area contributed by atoms with Crippen molar-refractivity contribution in [1.82, 2.24) is 15.2 Å². The lowest BCUT2D eigenvalue weighted by molar-refractivity contribution is -0.384. The Morgan fingerprint density at radius 3 is 2.34 bits per heavy atom. The number of rotatable bonds is 9. The van der Waals surface area contributed by atoms with Gasteiger partial charge in [-0.1, -0.05) is 12.1 Å². The third kappa shape index (κ3) is 5.19. The van der Waals surface area contributed by atoms with Crippen LogP contribution < -0.4 is 19.6 Å². The number of hydrazone groups is 1. The fourth-order valence-corrected chi connectivity index (χ4v) is 2.88. The van der Waals surface area contributed by atoms with Crippen LogP contribution in [0.3, 0.4) is 0 Å². The van der Waals surface area contributed by atoms with Crippen LogP contribution in [0, 0.1) is 10.1 Å². The fourth-order valence-electron chi connectivity index (χ4n) is 2.88. The van der Waals surface area contributed by atoms with Gasteiger partial charge in [0.05, 0.1) is 39.0 Å². The summed E-state index contributed by atoms with van der Waals surface area (Å²) in [5.74, 6) is 0.889. The van der Waals surface area contributed by atoms with Crippen molar-refractivity contribution in [3.05, 3.63) is 75.6 Å². The largest absolute Gasteiger partial charge is 0.493 e.